The van der Waals surface area contributed by atoms with E-state index in [-0.39, 0.29) is 6.54 Å². The molecule has 6 heteroatoms. The Hall–Kier alpha value is -1.30. The molecule has 0 saturated carbocycles. The highest BCUT2D eigenvalue weighted by Gasteiger charge is 2.23. The Morgan fingerprint density at radius 2 is 1.94 bits per heavy atom. The Labute approximate surface area is 94.9 Å². The second kappa shape index (κ2) is 6.32. The molecule has 0 rings (SSSR count). The maximum absolute atomic E-state index is 11.2. The second-order valence-corrected chi connectivity index (χ2v) is 4.27. The van der Waals surface area contributed by atoms with Gasteiger partial charge in [-0.25, -0.2) is 4.79 Å². The van der Waals surface area contributed by atoms with Crippen LogP contribution in [-0.4, -0.2) is 36.6 Å². The molecule has 0 fully saturated rings. The van der Waals surface area contributed by atoms with Crippen molar-refractivity contribution in [1.82, 2.24) is 5.32 Å². The standard InChI is InChI=1S/C10H18NO5/c1-7(12)5-11-9(14)16-6-15-8(13)10(2,3)4/h7,12H,1,5-6H2,2-4H3,(H,11,14)/t7-/m1/s1. The maximum atomic E-state index is 11.2. The summed E-state index contributed by atoms with van der Waals surface area (Å²) >= 11 is 0. The van der Waals surface area contributed by atoms with Crippen LogP contribution in [0.3, 0.4) is 0 Å². The number of rotatable bonds is 4. The van der Waals surface area contributed by atoms with Crippen LogP contribution in [0.5, 0.6) is 0 Å². The number of hydrogen-bond donors (Lipinski definition) is 2. The molecule has 0 aliphatic carbocycles. The zero-order valence-electron chi connectivity index (χ0n) is 9.78. The van der Waals surface area contributed by atoms with Crippen molar-refractivity contribution in [2.45, 2.75) is 26.9 Å². The largest absolute Gasteiger partial charge is 0.427 e. The summed E-state index contributed by atoms with van der Waals surface area (Å²) in [6, 6.07) is 0. The summed E-state index contributed by atoms with van der Waals surface area (Å²) in [6.45, 7) is 7.85. The molecule has 0 unspecified atom stereocenters. The summed E-state index contributed by atoms with van der Waals surface area (Å²) in [5.74, 6) is -0.461. The number of hydrogen-bond acceptors (Lipinski definition) is 5. The van der Waals surface area contributed by atoms with Gasteiger partial charge >= 0.3 is 12.1 Å². The minimum Gasteiger partial charge on any atom is -0.427 e. The summed E-state index contributed by atoms with van der Waals surface area (Å²) < 4.78 is 9.21. The lowest BCUT2D eigenvalue weighted by Crippen LogP contribution is -2.32. The zero-order chi connectivity index (χ0) is 12.8. The van der Waals surface area contributed by atoms with Gasteiger partial charge in [-0.3, -0.25) is 4.79 Å². The molecular weight excluding hydrogens is 214 g/mol. The highest BCUT2D eigenvalue weighted by molar-refractivity contribution is 5.75. The zero-order valence-corrected chi connectivity index (χ0v) is 9.78. The van der Waals surface area contributed by atoms with Crippen molar-refractivity contribution < 1.29 is 24.2 Å². The van der Waals surface area contributed by atoms with Gasteiger partial charge < -0.3 is 19.9 Å². The number of carbonyl (C=O) groups is 2. The van der Waals surface area contributed by atoms with Crippen molar-refractivity contribution in [3.63, 3.8) is 0 Å². The third kappa shape index (κ3) is 7.05. The molecule has 2 N–H and O–H groups in total. The average Bonchev–Trinajstić information content (AvgIpc) is 2.13. The van der Waals surface area contributed by atoms with Crippen LogP contribution in [0.1, 0.15) is 20.8 Å². The van der Waals surface area contributed by atoms with Gasteiger partial charge in [0.2, 0.25) is 6.79 Å². The topological polar surface area (TPSA) is 84.9 Å². The van der Waals surface area contributed by atoms with Gasteiger partial charge in [0.05, 0.1) is 11.5 Å². The van der Waals surface area contributed by atoms with E-state index >= 15 is 0 Å². The van der Waals surface area contributed by atoms with Gasteiger partial charge in [0.1, 0.15) is 0 Å². The summed E-state index contributed by atoms with van der Waals surface area (Å²) in [7, 11) is 0. The first-order valence-corrected chi connectivity index (χ1v) is 4.82. The first-order chi connectivity index (χ1) is 7.23. The van der Waals surface area contributed by atoms with Crippen molar-refractivity contribution in [2.24, 2.45) is 5.41 Å². The third-order valence-corrected chi connectivity index (χ3v) is 1.47. The molecule has 0 aromatic heterocycles. The Morgan fingerprint density at radius 1 is 1.38 bits per heavy atom. The molecule has 0 aromatic rings. The quantitative estimate of drug-likeness (QED) is 0.543. The van der Waals surface area contributed by atoms with Crippen molar-refractivity contribution in [2.75, 3.05) is 13.3 Å². The molecule has 0 aliphatic rings. The number of esters is 1. The molecule has 0 saturated heterocycles. The fourth-order valence-corrected chi connectivity index (χ4v) is 0.605. The predicted molar refractivity (Wildman–Crippen MR) is 56.3 cm³/mol. The van der Waals surface area contributed by atoms with Gasteiger partial charge in [-0.15, -0.1) is 0 Å². The molecule has 0 heterocycles. The van der Waals surface area contributed by atoms with Crippen LogP contribution in [0.25, 0.3) is 0 Å². The summed E-state index contributed by atoms with van der Waals surface area (Å²) in [6.07, 6.45) is -1.67. The fourth-order valence-electron chi connectivity index (χ4n) is 0.605. The van der Waals surface area contributed by atoms with E-state index in [1.165, 1.54) is 0 Å². The minimum absolute atomic E-state index is 0.0218. The molecule has 0 bridgehead atoms. The summed E-state index contributed by atoms with van der Waals surface area (Å²) in [5.41, 5.74) is -0.636. The molecule has 0 spiro atoms. The van der Waals surface area contributed by atoms with Crippen LogP contribution in [-0.2, 0) is 14.3 Å². The van der Waals surface area contributed by atoms with Crippen LogP contribution < -0.4 is 5.32 Å². The molecule has 1 amide bonds. The van der Waals surface area contributed by atoms with E-state index in [9.17, 15) is 9.59 Å². The molecule has 1 radical (unpaired) electrons. The average molecular weight is 232 g/mol. The molecule has 1 atom stereocenters. The smallest absolute Gasteiger partial charge is 0.410 e. The van der Waals surface area contributed by atoms with E-state index in [1.54, 1.807) is 20.8 Å². The number of aliphatic hydroxyl groups excluding tert-OH is 1. The number of amides is 1. The highest BCUT2D eigenvalue weighted by atomic mass is 16.7. The van der Waals surface area contributed by atoms with Gasteiger partial charge in [-0.05, 0) is 27.7 Å². The molecule has 93 valence electrons. The van der Waals surface area contributed by atoms with Crippen molar-refractivity contribution in [1.29, 1.82) is 0 Å². The lowest BCUT2D eigenvalue weighted by molar-refractivity contribution is -0.161. The molecular formula is C10H18NO5. The van der Waals surface area contributed by atoms with E-state index in [1.807, 2.05) is 0 Å². The first kappa shape index (κ1) is 14.7. The van der Waals surface area contributed by atoms with E-state index in [4.69, 9.17) is 5.11 Å². The third-order valence-electron chi connectivity index (χ3n) is 1.47. The number of aliphatic hydroxyl groups is 1. The van der Waals surface area contributed by atoms with Crippen LogP contribution in [0.4, 0.5) is 4.79 Å². The number of ether oxygens (including phenoxy) is 2. The van der Waals surface area contributed by atoms with Gasteiger partial charge in [0, 0.05) is 6.54 Å². The molecule has 16 heavy (non-hydrogen) atoms. The van der Waals surface area contributed by atoms with Crippen molar-refractivity contribution in [3.05, 3.63) is 6.92 Å². The van der Waals surface area contributed by atoms with E-state index in [0.29, 0.717) is 0 Å². The van der Waals surface area contributed by atoms with Gasteiger partial charge in [-0.2, -0.15) is 0 Å². The molecule has 0 aromatic carbocycles. The Morgan fingerprint density at radius 3 is 2.38 bits per heavy atom. The van der Waals surface area contributed by atoms with E-state index in [2.05, 4.69) is 21.7 Å². The Kier molecular flexibility index (Phi) is 5.81. The highest BCUT2D eigenvalue weighted by Crippen LogP contribution is 2.14. The summed E-state index contributed by atoms with van der Waals surface area (Å²) in [5, 5.41) is 11.0. The van der Waals surface area contributed by atoms with Crippen LogP contribution >= 0.6 is 0 Å². The SMILES string of the molecule is [CH2][C@@H](O)CNC(=O)OCOC(=O)C(C)(C)C. The first-order valence-electron chi connectivity index (χ1n) is 4.82. The molecule has 0 aliphatic heterocycles. The predicted octanol–water partition coefficient (Wildman–Crippen LogP) is 0.454. The lowest BCUT2D eigenvalue weighted by Gasteiger charge is -2.16. The monoisotopic (exact) mass is 232 g/mol. The van der Waals surface area contributed by atoms with Gasteiger partial charge in [0.15, 0.2) is 0 Å². The number of alkyl carbamates (subject to hydrolysis) is 1. The molecule has 6 nitrogen and oxygen atoms in total. The van der Waals surface area contributed by atoms with E-state index < -0.39 is 30.4 Å². The Balaban J connectivity index is 3.67. The van der Waals surface area contributed by atoms with E-state index in [0.717, 1.165) is 0 Å². The van der Waals surface area contributed by atoms with Crippen molar-refractivity contribution in [3.8, 4) is 0 Å². The van der Waals surface area contributed by atoms with Crippen LogP contribution in [0.15, 0.2) is 0 Å². The van der Waals surface area contributed by atoms with Gasteiger partial charge in [0.25, 0.3) is 0 Å². The fraction of sp³-hybridized carbons (Fsp3) is 0.700. The number of carbonyl (C=O) groups excluding carboxylic acids is 2. The summed E-state index contributed by atoms with van der Waals surface area (Å²) in [4.78, 5) is 22.1. The minimum atomic E-state index is -0.898. The van der Waals surface area contributed by atoms with Crippen LogP contribution in [0.2, 0.25) is 0 Å². The lowest BCUT2D eigenvalue weighted by atomic mass is 9.98. The Bertz CT molecular complexity index is 244. The number of nitrogens with one attached hydrogen (secondary N) is 1. The second-order valence-electron chi connectivity index (χ2n) is 4.27. The van der Waals surface area contributed by atoms with Crippen molar-refractivity contribution >= 4 is 12.1 Å². The normalized spacial score (nSPS) is 12.8. The van der Waals surface area contributed by atoms with Gasteiger partial charge in [-0.1, -0.05) is 0 Å². The maximum Gasteiger partial charge on any atom is 0.410 e. The van der Waals surface area contributed by atoms with Crippen LogP contribution in [0, 0.1) is 12.3 Å².